The van der Waals surface area contributed by atoms with Gasteiger partial charge in [-0.3, -0.25) is 4.79 Å². The summed E-state index contributed by atoms with van der Waals surface area (Å²) in [6.45, 7) is 4.16. The highest BCUT2D eigenvalue weighted by atomic mass is 32.2. The van der Waals surface area contributed by atoms with Crippen molar-refractivity contribution in [1.82, 2.24) is 4.90 Å². The normalized spacial score (nSPS) is 25.9. The van der Waals surface area contributed by atoms with E-state index in [1.165, 1.54) is 18.6 Å². The molecule has 1 aliphatic carbocycles. The predicted octanol–water partition coefficient (Wildman–Crippen LogP) is 2.25. The highest BCUT2D eigenvalue weighted by Crippen LogP contribution is 2.32. The Labute approximate surface area is 109 Å². The van der Waals surface area contributed by atoms with Gasteiger partial charge in [-0.25, -0.2) is 0 Å². The van der Waals surface area contributed by atoms with Crippen LogP contribution in [0.4, 0.5) is 0 Å². The van der Waals surface area contributed by atoms with Gasteiger partial charge in [0.15, 0.2) is 0 Å². The molecule has 0 radical (unpaired) electrons. The third-order valence-corrected chi connectivity index (χ3v) is 4.75. The maximum atomic E-state index is 12.0. The second-order valence-corrected chi connectivity index (χ2v) is 6.64. The van der Waals surface area contributed by atoms with Gasteiger partial charge in [-0.2, -0.15) is 11.8 Å². The summed E-state index contributed by atoms with van der Waals surface area (Å²) in [6, 6.07) is 0.582. The fourth-order valence-electron chi connectivity index (χ4n) is 2.39. The van der Waals surface area contributed by atoms with Crippen molar-refractivity contribution in [2.75, 3.05) is 12.8 Å². The summed E-state index contributed by atoms with van der Waals surface area (Å²) in [7, 11) is 1.95. The number of nitrogens with zero attached hydrogens (tertiary/aromatic N) is 1. The molecule has 1 amide bonds. The van der Waals surface area contributed by atoms with Crippen molar-refractivity contribution in [3.63, 3.8) is 0 Å². The number of hydrogen-bond donors (Lipinski definition) is 1. The average molecular weight is 258 g/mol. The van der Waals surface area contributed by atoms with Gasteiger partial charge in [-0.1, -0.05) is 6.92 Å². The Hall–Kier alpha value is -0.220. The Morgan fingerprint density at radius 3 is 2.82 bits per heavy atom. The fraction of sp³-hybridized carbons (Fsp3) is 0.923. The van der Waals surface area contributed by atoms with Crippen LogP contribution in [0.5, 0.6) is 0 Å². The lowest BCUT2D eigenvalue weighted by Gasteiger charge is -2.25. The molecule has 4 heteroatoms. The second kappa shape index (κ2) is 7.27. The average Bonchev–Trinajstić information content (AvgIpc) is 2.74. The zero-order valence-corrected chi connectivity index (χ0v) is 12.1. The summed E-state index contributed by atoms with van der Waals surface area (Å²) >= 11 is 2.03. The highest BCUT2D eigenvalue weighted by Gasteiger charge is 2.29. The van der Waals surface area contributed by atoms with Gasteiger partial charge in [-0.05, 0) is 38.4 Å². The molecule has 0 saturated heterocycles. The van der Waals surface area contributed by atoms with Crippen LogP contribution in [-0.4, -0.2) is 40.9 Å². The Bertz CT molecular complexity index is 246. The van der Waals surface area contributed by atoms with Gasteiger partial charge in [0.2, 0.25) is 5.91 Å². The first-order valence-corrected chi connectivity index (χ1v) is 7.72. The van der Waals surface area contributed by atoms with Gasteiger partial charge in [0.1, 0.15) is 0 Å². The van der Waals surface area contributed by atoms with E-state index < -0.39 is 0 Å². The smallest absolute Gasteiger partial charge is 0.222 e. The molecule has 1 aliphatic rings. The molecule has 0 heterocycles. The van der Waals surface area contributed by atoms with Crippen LogP contribution in [0.25, 0.3) is 0 Å². The zero-order chi connectivity index (χ0) is 12.8. The molecule has 0 aliphatic heterocycles. The van der Waals surface area contributed by atoms with Crippen LogP contribution in [0.15, 0.2) is 0 Å². The lowest BCUT2D eigenvalue weighted by Crippen LogP contribution is -2.36. The molecule has 1 rings (SSSR count). The molecular weight excluding hydrogens is 232 g/mol. The molecule has 3 atom stereocenters. The van der Waals surface area contributed by atoms with E-state index in [1.807, 2.05) is 30.6 Å². The molecule has 17 heavy (non-hydrogen) atoms. The topological polar surface area (TPSA) is 46.3 Å². The molecule has 0 aromatic carbocycles. The molecule has 1 fully saturated rings. The lowest BCUT2D eigenvalue weighted by molar-refractivity contribution is -0.132. The van der Waals surface area contributed by atoms with E-state index in [2.05, 4.69) is 6.92 Å². The third kappa shape index (κ3) is 4.88. The highest BCUT2D eigenvalue weighted by molar-refractivity contribution is 7.99. The molecule has 3 nitrogen and oxygen atoms in total. The summed E-state index contributed by atoms with van der Waals surface area (Å²) in [5, 5.41) is 0.758. The van der Waals surface area contributed by atoms with Gasteiger partial charge in [0, 0.05) is 30.8 Å². The summed E-state index contributed by atoms with van der Waals surface area (Å²) < 4.78 is 0. The molecule has 3 unspecified atom stereocenters. The van der Waals surface area contributed by atoms with Crippen molar-refractivity contribution in [2.45, 2.75) is 63.3 Å². The van der Waals surface area contributed by atoms with E-state index in [9.17, 15) is 4.79 Å². The van der Waals surface area contributed by atoms with Crippen LogP contribution < -0.4 is 5.73 Å². The van der Waals surface area contributed by atoms with E-state index in [4.69, 9.17) is 5.73 Å². The van der Waals surface area contributed by atoms with E-state index >= 15 is 0 Å². The largest absolute Gasteiger partial charge is 0.343 e. The number of amides is 1. The number of thioether (sulfide) groups is 1. The van der Waals surface area contributed by atoms with Crippen molar-refractivity contribution in [1.29, 1.82) is 0 Å². The molecule has 0 aromatic heterocycles. The molecule has 100 valence electrons. The minimum absolute atomic E-state index is 0.124. The third-order valence-electron chi connectivity index (χ3n) is 3.51. The number of nitrogens with two attached hydrogens (primary N) is 1. The summed E-state index contributed by atoms with van der Waals surface area (Å²) in [5.41, 5.74) is 5.68. The van der Waals surface area contributed by atoms with E-state index in [-0.39, 0.29) is 11.9 Å². The Kier molecular flexibility index (Phi) is 6.34. The van der Waals surface area contributed by atoms with Crippen molar-refractivity contribution in [3.8, 4) is 0 Å². The van der Waals surface area contributed by atoms with E-state index in [1.54, 1.807) is 0 Å². The van der Waals surface area contributed by atoms with Crippen molar-refractivity contribution in [3.05, 3.63) is 0 Å². The quantitative estimate of drug-likeness (QED) is 0.795. The number of carbonyl (C=O) groups excluding carboxylic acids is 1. The zero-order valence-electron chi connectivity index (χ0n) is 11.3. The molecular formula is C13H26N2OS. The van der Waals surface area contributed by atoms with E-state index in [0.717, 1.165) is 18.1 Å². The number of rotatable bonds is 6. The molecule has 0 bridgehead atoms. The Balaban J connectivity index is 2.32. The van der Waals surface area contributed by atoms with Crippen LogP contribution in [0.1, 0.15) is 46.0 Å². The predicted molar refractivity (Wildman–Crippen MR) is 75.2 cm³/mol. The fourth-order valence-corrected chi connectivity index (χ4v) is 3.52. The maximum absolute atomic E-state index is 12.0. The molecule has 1 saturated carbocycles. The van der Waals surface area contributed by atoms with Crippen LogP contribution in [0.2, 0.25) is 0 Å². The number of hydrogen-bond acceptors (Lipinski definition) is 3. The maximum Gasteiger partial charge on any atom is 0.222 e. The lowest BCUT2D eigenvalue weighted by atomic mass is 10.1. The van der Waals surface area contributed by atoms with Gasteiger partial charge in [0.05, 0.1) is 0 Å². The first kappa shape index (κ1) is 14.8. The van der Waals surface area contributed by atoms with Crippen LogP contribution in [-0.2, 0) is 4.79 Å². The SMILES string of the molecule is CCSC1CCC(N(C)C(=O)CCC(C)N)C1. The summed E-state index contributed by atoms with van der Waals surface area (Å²) in [6.07, 6.45) is 4.98. The standard InChI is InChI=1S/C13H26N2OS/c1-4-17-12-7-6-11(9-12)15(3)13(16)8-5-10(2)14/h10-12H,4-9,14H2,1-3H3. The summed E-state index contributed by atoms with van der Waals surface area (Å²) in [5.74, 6) is 1.44. The summed E-state index contributed by atoms with van der Waals surface area (Å²) in [4.78, 5) is 13.9. The Morgan fingerprint density at radius 1 is 1.53 bits per heavy atom. The van der Waals surface area contributed by atoms with Crippen molar-refractivity contribution < 1.29 is 4.79 Å². The molecule has 2 N–H and O–H groups in total. The van der Waals surface area contributed by atoms with Gasteiger partial charge in [-0.15, -0.1) is 0 Å². The molecule has 0 spiro atoms. The van der Waals surface area contributed by atoms with Crippen LogP contribution in [0, 0.1) is 0 Å². The first-order valence-electron chi connectivity index (χ1n) is 6.67. The van der Waals surface area contributed by atoms with Crippen LogP contribution >= 0.6 is 11.8 Å². The molecule has 0 aromatic rings. The van der Waals surface area contributed by atoms with Gasteiger partial charge < -0.3 is 10.6 Å². The number of carbonyl (C=O) groups is 1. The Morgan fingerprint density at radius 2 is 2.24 bits per heavy atom. The minimum atomic E-state index is 0.124. The van der Waals surface area contributed by atoms with E-state index in [0.29, 0.717) is 12.5 Å². The van der Waals surface area contributed by atoms with Gasteiger partial charge >= 0.3 is 0 Å². The van der Waals surface area contributed by atoms with Gasteiger partial charge in [0.25, 0.3) is 0 Å². The van der Waals surface area contributed by atoms with Crippen molar-refractivity contribution >= 4 is 17.7 Å². The second-order valence-electron chi connectivity index (χ2n) is 5.06. The van der Waals surface area contributed by atoms with Crippen LogP contribution in [0.3, 0.4) is 0 Å². The monoisotopic (exact) mass is 258 g/mol. The minimum Gasteiger partial charge on any atom is -0.343 e. The van der Waals surface area contributed by atoms with Crippen molar-refractivity contribution in [2.24, 2.45) is 5.73 Å². The first-order chi connectivity index (χ1) is 8.04.